The van der Waals surface area contributed by atoms with Crippen LogP contribution in [0.15, 0.2) is 48.5 Å². The second kappa shape index (κ2) is 6.56. The first-order valence-corrected chi connectivity index (χ1v) is 6.48. The molecule has 0 bridgehead atoms. The van der Waals surface area contributed by atoms with Gasteiger partial charge in [0.2, 0.25) is 5.91 Å². The first-order valence-electron chi connectivity index (χ1n) is 6.48. The van der Waals surface area contributed by atoms with E-state index in [0.29, 0.717) is 6.54 Å². The van der Waals surface area contributed by atoms with E-state index in [0.717, 1.165) is 16.9 Å². The lowest BCUT2D eigenvalue weighted by Crippen LogP contribution is -2.06. The minimum absolute atomic E-state index is 0.105. The molecular weight excluding hydrogens is 268 g/mol. The third kappa shape index (κ3) is 4.35. The number of hydrogen-bond acceptors (Lipinski definition) is 3. The third-order valence-corrected chi connectivity index (χ3v) is 2.88. The number of hydrogen-bond donors (Lipinski definition) is 3. The highest BCUT2D eigenvalue weighted by molar-refractivity contribution is 5.89. The molecule has 0 aliphatic rings. The van der Waals surface area contributed by atoms with Gasteiger partial charge in [0.25, 0.3) is 0 Å². The Morgan fingerprint density at radius 3 is 2.38 bits per heavy atom. The minimum atomic E-state index is -0.946. The molecule has 0 fully saturated rings. The number of aromatic carboxylic acids is 1. The van der Waals surface area contributed by atoms with Crippen LogP contribution < -0.4 is 10.6 Å². The number of carboxylic acid groups (broad SMARTS) is 1. The average molecular weight is 284 g/mol. The average Bonchev–Trinajstić information content (AvgIpc) is 2.46. The van der Waals surface area contributed by atoms with Gasteiger partial charge < -0.3 is 15.7 Å². The van der Waals surface area contributed by atoms with E-state index in [1.807, 2.05) is 30.3 Å². The molecule has 108 valence electrons. The molecule has 0 unspecified atom stereocenters. The van der Waals surface area contributed by atoms with Crippen LogP contribution in [0.25, 0.3) is 0 Å². The molecule has 21 heavy (non-hydrogen) atoms. The maximum Gasteiger partial charge on any atom is 0.335 e. The van der Waals surface area contributed by atoms with Gasteiger partial charge in [-0.15, -0.1) is 0 Å². The Hall–Kier alpha value is -2.82. The highest BCUT2D eigenvalue weighted by Crippen LogP contribution is 2.14. The fraction of sp³-hybridized carbons (Fsp3) is 0.125. The van der Waals surface area contributed by atoms with Crippen LogP contribution in [-0.2, 0) is 11.3 Å². The molecule has 0 aliphatic heterocycles. The zero-order valence-corrected chi connectivity index (χ0v) is 11.6. The van der Waals surface area contributed by atoms with Crippen molar-refractivity contribution in [2.24, 2.45) is 0 Å². The van der Waals surface area contributed by atoms with Crippen molar-refractivity contribution >= 4 is 23.3 Å². The Kier molecular flexibility index (Phi) is 4.56. The zero-order chi connectivity index (χ0) is 15.2. The van der Waals surface area contributed by atoms with Crippen molar-refractivity contribution in [1.29, 1.82) is 0 Å². The monoisotopic (exact) mass is 284 g/mol. The summed E-state index contributed by atoms with van der Waals surface area (Å²) < 4.78 is 0. The summed E-state index contributed by atoms with van der Waals surface area (Å²) in [6.45, 7) is 2.04. The van der Waals surface area contributed by atoms with Crippen molar-refractivity contribution in [3.8, 4) is 0 Å². The first-order chi connectivity index (χ1) is 10.0. The lowest BCUT2D eigenvalue weighted by molar-refractivity contribution is -0.114. The molecule has 0 atom stereocenters. The molecule has 0 radical (unpaired) electrons. The van der Waals surface area contributed by atoms with Crippen molar-refractivity contribution in [3.05, 3.63) is 59.7 Å². The van der Waals surface area contributed by atoms with Crippen molar-refractivity contribution < 1.29 is 14.7 Å². The third-order valence-electron chi connectivity index (χ3n) is 2.88. The Morgan fingerprint density at radius 2 is 1.76 bits per heavy atom. The number of anilines is 2. The zero-order valence-electron chi connectivity index (χ0n) is 11.6. The van der Waals surface area contributed by atoms with E-state index in [-0.39, 0.29) is 11.5 Å². The van der Waals surface area contributed by atoms with Gasteiger partial charge in [0, 0.05) is 24.8 Å². The van der Waals surface area contributed by atoms with Crippen LogP contribution in [0.4, 0.5) is 11.4 Å². The van der Waals surface area contributed by atoms with Gasteiger partial charge in [0.1, 0.15) is 0 Å². The number of amides is 1. The summed E-state index contributed by atoms with van der Waals surface area (Å²) in [5.74, 6) is -1.05. The van der Waals surface area contributed by atoms with E-state index in [1.54, 1.807) is 18.2 Å². The summed E-state index contributed by atoms with van der Waals surface area (Å²) in [6.07, 6.45) is 0. The van der Waals surface area contributed by atoms with Gasteiger partial charge in [0.15, 0.2) is 0 Å². The van der Waals surface area contributed by atoms with Gasteiger partial charge >= 0.3 is 5.97 Å². The van der Waals surface area contributed by atoms with Crippen LogP contribution in [0.1, 0.15) is 22.8 Å². The van der Waals surface area contributed by atoms with E-state index >= 15 is 0 Å². The van der Waals surface area contributed by atoms with E-state index in [1.165, 1.54) is 6.92 Å². The van der Waals surface area contributed by atoms with Crippen LogP contribution in [-0.4, -0.2) is 17.0 Å². The molecule has 2 aromatic carbocycles. The number of carboxylic acids is 1. The van der Waals surface area contributed by atoms with Gasteiger partial charge in [0.05, 0.1) is 5.56 Å². The van der Waals surface area contributed by atoms with Crippen LogP contribution in [0.3, 0.4) is 0 Å². The lowest BCUT2D eigenvalue weighted by Gasteiger charge is -2.08. The van der Waals surface area contributed by atoms with Crippen molar-refractivity contribution in [1.82, 2.24) is 0 Å². The minimum Gasteiger partial charge on any atom is -0.478 e. The summed E-state index contributed by atoms with van der Waals surface area (Å²) in [6, 6.07) is 14.1. The van der Waals surface area contributed by atoms with Crippen molar-refractivity contribution in [2.75, 3.05) is 10.6 Å². The van der Waals surface area contributed by atoms with Crippen molar-refractivity contribution in [2.45, 2.75) is 13.5 Å². The molecule has 1 amide bonds. The first kappa shape index (κ1) is 14.6. The van der Waals surface area contributed by atoms with Crippen LogP contribution in [0.5, 0.6) is 0 Å². The molecule has 0 heterocycles. The predicted molar refractivity (Wildman–Crippen MR) is 81.5 cm³/mol. The second-order valence-electron chi connectivity index (χ2n) is 4.62. The molecule has 2 aromatic rings. The van der Waals surface area contributed by atoms with Gasteiger partial charge in [-0.05, 0) is 35.9 Å². The predicted octanol–water partition coefficient (Wildman–Crippen LogP) is 2.96. The highest BCUT2D eigenvalue weighted by atomic mass is 16.4. The number of nitrogens with one attached hydrogen (secondary N) is 2. The Balaban J connectivity index is 1.98. The van der Waals surface area contributed by atoms with E-state index in [2.05, 4.69) is 10.6 Å². The maximum absolute atomic E-state index is 10.9. The number of benzene rings is 2. The van der Waals surface area contributed by atoms with E-state index in [9.17, 15) is 9.59 Å². The smallest absolute Gasteiger partial charge is 0.335 e. The normalized spacial score (nSPS) is 9.95. The fourth-order valence-electron chi connectivity index (χ4n) is 1.88. The van der Waals surface area contributed by atoms with Crippen LogP contribution in [0.2, 0.25) is 0 Å². The van der Waals surface area contributed by atoms with Gasteiger partial charge in [-0.25, -0.2) is 4.79 Å². The summed E-state index contributed by atoms with van der Waals surface area (Å²) in [7, 11) is 0. The molecular formula is C16H16N2O3. The van der Waals surface area contributed by atoms with Gasteiger partial charge in [-0.3, -0.25) is 4.79 Å². The molecule has 0 saturated heterocycles. The lowest BCUT2D eigenvalue weighted by atomic mass is 10.1. The SMILES string of the molecule is CC(=O)Nc1ccc(CNc2cccc(C(=O)O)c2)cc1. The number of carbonyl (C=O) groups is 2. The number of carbonyl (C=O) groups excluding carboxylic acids is 1. The van der Waals surface area contributed by atoms with Crippen LogP contribution in [0, 0.1) is 0 Å². The summed E-state index contributed by atoms with van der Waals surface area (Å²) in [4.78, 5) is 21.8. The molecule has 0 aromatic heterocycles. The summed E-state index contributed by atoms with van der Waals surface area (Å²) >= 11 is 0. The Morgan fingerprint density at radius 1 is 1.05 bits per heavy atom. The van der Waals surface area contributed by atoms with Crippen molar-refractivity contribution in [3.63, 3.8) is 0 Å². The molecule has 0 aliphatic carbocycles. The number of rotatable bonds is 5. The molecule has 3 N–H and O–H groups in total. The molecule has 5 nitrogen and oxygen atoms in total. The maximum atomic E-state index is 10.9. The Labute approximate surface area is 122 Å². The molecule has 5 heteroatoms. The second-order valence-corrected chi connectivity index (χ2v) is 4.62. The highest BCUT2D eigenvalue weighted by Gasteiger charge is 2.03. The molecule has 0 saturated carbocycles. The van der Waals surface area contributed by atoms with Crippen LogP contribution >= 0.6 is 0 Å². The molecule has 2 rings (SSSR count). The topological polar surface area (TPSA) is 78.4 Å². The standard InChI is InChI=1S/C16H16N2O3/c1-11(19)18-14-7-5-12(6-8-14)10-17-15-4-2-3-13(9-15)16(20)21/h2-9,17H,10H2,1H3,(H,18,19)(H,20,21). The van der Waals surface area contributed by atoms with Gasteiger partial charge in [-0.1, -0.05) is 18.2 Å². The fourth-order valence-corrected chi connectivity index (χ4v) is 1.88. The van der Waals surface area contributed by atoms with E-state index < -0.39 is 5.97 Å². The Bertz CT molecular complexity index is 651. The molecule has 0 spiro atoms. The van der Waals surface area contributed by atoms with E-state index in [4.69, 9.17) is 5.11 Å². The quantitative estimate of drug-likeness (QED) is 0.788. The summed E-state index contributed by atoms with van der Waals surface area (Å²) in [5.41, 5.74) is 2.78. The van der Waals surface area contributed by atoms with Gasteiger partial charge in [-0.2, -0.15) is 0 Å². The largest absolute Gasteiger partial charge is 0.478 e. The summed E-state index contributed by atoms with van der Waals surface area (Å²) in [5, 5.41) is 14.8.